The molecule has 4 heteroatoms. The van der Waals surface area contributed by atoms with Gasteiger partial charge in [-0.2, -0.15) is 0 Å². The molecule has 0 aliphatic heterocycles. The van der Waals surface area contributed by atoms with Crippen molar-refractivity contribution in [1.82, 2.24) is 4.98 Å². The second-order valence-corrected chi connectivity index (χ2v) is 4.63. The van der Waals surface area contributed by atoms with Crippen LogP contribution in [0.15, 0.2) is 28.4 Å². The molecule has 14 heavy (non-hydrogen) atoms. The Morgan fingerprint density at radius 1 is 1.50 bits per heavy atom. The first-order valence-electron chi connectivity index (χ1n) is 4.35. The highest BCUT2D eigenvalue weighted by Crippen LogP contribution is 2.27. The number of furan rings is 1. The fourth-order valence-electron chi connectivity index (χ4n) is 1.11. The van der Waals surface area contributed by atoms with Gasteiger partial charge in [0.2, 0.25) is 0 Å². The third-order valence-electron chi connectivity index (χ3n) is 1.87. The predicted molar refractivity (Wildman–Crippen MR) is 57.0 cm³/mol. The minimum absolute atomic E-state index is 0.368. The summed E-state index contributed by atoms with van der Waals surface area (Å²) in [5.41, 5.74) is 7.50. The van der Waals surface area contributed by atoms with Gasteiger partial charge < -0.3 is 10.2 Å². The molecular weight excluding hydrogens is 196 g/mol. The van der Waals surface area contributed by atoms with Crippen LogP contribution in [0.3, 0.4) is 0 Å². The Labute approximate surface area is 86.6 Å². The lowest BCUT2D eigenvalue weighted by Crippen LogP contribution is -2.28. The van der Waals surface area contributed by atoms with E-state index >= 15 is 0 Å². The van der Waals surface area contributed by atoms with Gasteiger partial charge in [-0.05, 0) is 19.9 Å². The zero-order chi connectivity index (χ0) is 10.2. The summed E-state index contributed by atoms with van der Waals surface area (Å²) in [6, 6.07) is 1.89. The van der Waals surface area contributed by atoms with Crippen LogP contribution in [0.1, 0.15) is 18.9 Å². The topological polar surface area (TPSA) is 52.0 Å². The standard InChI is InChI=1S/C10H12N2OS/c1-10(2,11)9-12-8(6-14-9)7-3-4-13-5-7/h3-6H,11H2,1-2H3. The third kappa shape index (κ3) is 1.71. The lowest BCUT2D eigenvalue weighted by atomic mass is 10.1. The van der Waals surface area contributed by atoms with Crippen LogP contribution in [0.5, 0.6) is 0 Å². The molecule has 0 aliphatic carbocycles. The van der Waals surface area contributed by atoms with Crippen molar-refractivity contribution in [3.8, 4) is 11.3 Å². The van der Waals surface area contributed by atoms with Gasteiger partial charge in [-0.3, -0.25) is 0 Å². The maximum atomic E-state index is 5.95. The van der Waals surface area contributed by atoms with Gasteiger partial charge >= 0.3 is 0 Å². The summed E-state index contributed by atoms with van der Waals surface area (Å²) in [7, 11) is 0. The van der Waals surface area contributed by atoms with E-state index in [-0.39, 0.29) is 5.54 Å². The van der Waals surface area contributed by atoms with Crippen molar-refractivity contribution in [3.63, 3.8) is 0 Å². The van der Waals surface area contributed by atoms with Gasteiger partial charge in [0.05, 0.1) is 23.8 Å². The number of nitrogens with two attached hydrogens (primary N) is 1. The molecule has 2 N–H and O–H groups in total. The van der Waals surface area contributed by atoms with Crippen molar-refractivity contribution >= 4 is 11.3 Å². The molecule has 0 aromatic carbocycles. The maximum Gasteiger partial charge on any atom is 0.113 e. The van der Waals surface area contributed by atoms with Crippen molar-refractivity contribution in [3.05, 3.63) is 29.0 Å². The van der Waals surface area contributed by atoms with E-state index in [1.165, 1.54) is 0 Å². The number of hydrogen-bond donors (Lipinski definition) is 1. The lowest BCUT2D eigenvalue weighted by Gasteiger charge is -2.13. The monoisotopic (exact) mass is 208 g/mol. The molecular formula is C10H12N2OS. The Morgan fingerprint density at radius 2 is 2.29 bits per heavy atom. The van der Waals surface area contributed by atoms with E-state index in [0.29, 0.717) is 0 Å². The third-order valence-corrected chi connectivity index (χ3v) is 3.05. The van der Waals surface area contributed by atoms with Crippen LogP contribution in [-0.4, -0.2) is 4.98 Å². The van der Waals surface area contributed by atoms with Crippen LogP contribution in [0, 0.1) is 0 Å². The van der Waals surface area contributed by atoms with Gasteiger partial charge in [-0.25, -0.2) is 4.98 Å². The summed E-state index contributed by atoms with van der Waals surface area (Å²) in [5.74, 6) is 0. The van der Waals surface area contributed by atoms with Crippen LogP contribution in [0.2, 0.25) is 0 Å². The number of hydrogen-bond acceptors (Lipinski definition) is 4. The largest absolute Gasteiger partial charge is 0.472 e. The van der Waals surface area contributed by atoms with Gasteiger partial charge in [-0.15, -0.1) is 11.3 Å². The van der Waals surface area contributed by atoms with Gasteiger partial charge in [-0.1, -0.05) is 0 Å². The predicted octanol–water partition coefficient (Wildman–Crippen LogP) is 2.60. The van der Waals surface area contributed by atoms with Gasteiger partial charge in [0.1, 0.15) is 5.01 Å². The highest BCUT2D eigenvalue weighted by atomic mass is 32.1. The molecule has 0 bridgehead atoms. The molecule has 0 aliphatic rings. The first-order chi connectivity index (χ1) is 6.57. The smallest absolute Gasteiger partial charge is 0.113 e. The van der Waals surface area contributed by atoms with E-state index in [0.717, 1.165) is 16.3 Å². The van der Waals surface area contributed by atoms with E-state index < -0.39 is 0 Å². The average molecular weight is 208 g/mol. The number of thiazole rings is 1. The van der Waals surface area contributed by atoms with Crippen molar-refractivity contribution in [2.24, 2.45) is 5.73 Å². The molecule has 2 heterocycles. The first-order valence-corrected chi connectivity index (χ1v) is 5.23. The number of aromatic nitrogens is 1. The summed E-state index contributed by atoms with van der Waals surface area (Å²) >= 11 is 1.58. The molecule has 0 radical (unpaired) electrons. The molecule has 0 spiro atoms. The molecule has 0 saturated heterocycles. The molecule has 74 valence electrons. The lowest BCUT2D eigenvalue weighted by molar-refractivity contribution is 0.550. The quantitative estimate of drug-likeness (QED) is 0.825. The fraction of sp³-hybridized carbons (Fsp3) is 0.300. The summed E-state index contributed by atoms with van der Waals surface area (Å²) in [6.45, 7) is 3.90. The number of rotatable bonds is 2. The highest BCUT2D eigenvalue weighted by molar-refractivity contribution is 7.10. The van der Waals surface area contributed by atoms with Crippen molar-refractivity contribution < 1.29 is 4.42 Å². The van der Waals surface area contributed by atoms with Gasteiger partial charge in [0, 0.05) is 10.9 Å². The van der Waals surface area contributed by atoms with Gasteiger partial charge in [0.15, 0.2) is 0 Å². The Hall–Kier alpha value is -1.13. The van der Waals surface area contributed by atoms with Crippen LogP contribution in [-0.2, 0) is 5.54 Å². The number of nitrogens with zero attached hydrogens (tertiary/aromatic N) is 1. The van der Waals surface area contributed by atoms with Crippen LogP contribution in [0.4, 0.5) is 0 Å². The molecule has 2 aromatic rings. The molecule has 0 unspecified atom stereocenters. The van der Waals surface area contributed by atoms with Gasteiger partial charge in [0.25, 0.3) is 0 Å². The van der Waals surface area contributed by atoms with E-state index in [1.807, 2.05) is 25.3 Å². The summed E-state index contributed by atoms with van der Waals surface area (Å²) in [4.78, 5) is 4.46. The Bertz CT molecular complexity index is 412. The van der Waals surface area contributed by atoms with Crippen LogP contribution >= 0.6 is 11.3 Å². The van der Waals surface area contributed by atoms with Crippen molar-refractivity contribution in [1.29, 1.82) is 0 Å². The molecule has 2 rings (SSSR count). The minimum atomic E-state index is -0.368. The molecule has 2 aromatic heterocycles. The Balaban J connectivity index is 2.36. The summed E-state index contributed by atoms with van der Waals surface area (Å²) in [5, 5.41) is 2.93. The van der Waals surface area contributed by atoms with E-state index in [1.54, 1.807) is 23.9 Å². The van der Waals surface area contributed by atoms with Crippen LogP contribution < -0.4 is 5.73 Å². The molecule has 0 amide bonds. The fourth-order valence-corrected chi connectivity index (χ4v) is 1.98. The summed E-state index contributed by atoms with van der Waals surface area (Å²) in [6.07, 6.45) is 3.32. The van der Waals surface area contributed by atoms with E-state index in [2.05, 4.69) is 4.98 Å². The van der Waals surface area contributed by atoms with Crippen molar-refractivity contribution in [2.45, 2.75) is 19.4 Å². The zero-order valence-corrected chi connectivity index (χ0v) is 8.97. The van der Waals surface area contributed by atoms with E-state index in [9.17, 15) is 0 Å². The zero-order valence-electron chi connectivity index (χ0n) is 8.15. The average Bonchev–Trinajstić information content (AvgIpc) is 2.73. The second kappa shape index (κ2) is 3.22. The summed E-state index contributed by atoms with van der Waals surface area (Å²) < 4.78 is 5.00. The minimum Gasteiger partial charge on any atom is -0.472 e. The van der Waals surface area contributed by atoms with E-state index in [4.69, 9.17) is 10.2 Å². The Kier molecular flexibility index (Phi) is 2.17. The first kappa shape index (κ1) is 9.43. The Morgan fingerprint density at radius 3 is 2.79 bits per heavy atom. The molecule has 3 nitrogen and oxygen atoms in total. The normalized spacial score (nSPS) is 11.9. The SMILES string of the molecule is CC(C)(N)c1nc(-c2ccoc2)cs1. The highest BCUT2D eigenvalue weighted by Gasteiger charge is 2.18. The second-order valence-electron chi connectivity index (χ2n) is 3.77. The van der Waals surface area contributed by atoms with Crippen molar-refractivity contribution in [2.75, 3.05) is 0 Å². The molecule has 0 fully saturated rings. The van der Waals surface area contributed by atoms with Crippen LogP contribution in [0.25, 0.3) is 11.3 Å². The maximum absolute atomic E-state index is 5.95. The molecule has 0 atom stereocenters. The molecule has 0 saturated carbocycles.